The van der Waals surface area contributed by atoms with Gasteiger partial charge in [-0.3, -0.25) is 4.79 Å². The summed E-state index contributed by atoms with van der Waals surface area (Å²) in [5, 5.41) is 3.06. The highest BCUT2D eigenvalue weighted by atomic mass is 127. The van der Waals surface area contributed by atoms with E-state index in [4.69, 9.17) is 11.6 Å². The van der Waals surface area contributed by atoms with Gasteiger partial charge in [0.1, 0.15) is 0 Å². The zero-order valence-corrected chi connectivity index (χ0v) is 14.0. The Hall–Kier alpha value is -1.28. The van der Waals surface area contributed by atoms with E-state index in [1.807, 2.05) is 22.6 Å². The third kappa shape index (κ3) is 4.61. The lowest BCUT2D eigenvalue weighted by Crippen LogP contribution is -2.16. The zero-order chi connectivity index (χ0) is 16.3. The maximum Gasteiger partial charge on any atom is 0.416 e. The van der Waals surface area contributed by atoms with Crippen molar-refractivity contribution in [2.75, 3.05) is 5.32 Å². The van der Waals surface area contributed by atoms with Gasteiger partial charge in [0.25, 0.3) is 0 Å². The molecule has 22 heavy (non-hydrogen) atoms. The standard InChI is InChI=1S/C15H10ClF3INO/c16-11-4-1-9(2-5-11)7-14(22)21-13-8-10(15(17,18)19)3-6-12(13)20/h1-6,8H,7H2,(H,21,22). The molecule has 0 spiro atoms. The highest BCUT2D eigenvalue weighted by Gasteiger charge is 2.31. The van der Waals surface area contributed by atoms with Crippen molar-refractivity contribution in [3.05, 3.63) is 62.2 Å². The molecule has 2 aromatic rings. The summed E-state index contributed by atoms with van der Waals surface area (Å²) in [6.45, 7) is 0. The Balaban J connectivity index is 2.12. The first-order valence-corrected chi connectivity index (χ1v) is 7.62. The number of carbonyl (C=O) groups is 1. The number of anilines is 1. The Morgan fingerprint density at radius 2 is 1.77 bits per heavy atom. The van der Waals surface area contributed by atoms with E-state index in [9.17, 15) is 18.0 Å². The molecule has 0 atom stereocenters. The van der Waals surface area contributed by atoms with Crippen molar-refractivity contribution in [3.63, 3.8) is 0 Å². The summed E-state index contributed by atoms with van der Waals surface area (Å²) < 4.78 is 38.6. The van der Waals surface area contributed by atoms with Crippen LogP contribution < -0.4 is 5.32 Å². The Morgan fingerprint density at radius 3 is 2.36 bits per heavy atom. The normalized spacial score (nSPS) is 11.3. The number of halogens is 5. The molecule has 1 N–H and O–H groups in total. The van der Waals surface area contributed by atoms with Crippen LogP contribution in [0.1, 0.15) is 11.1 Å². The number of alkyl halides is 3. The first-order chi connectivity index (χ1) is 10.3. The molecule has 2 nitrogen and oxygen atoms in total. The molecule has 0 radical (unpaired) electrons. The minimum absolute atomic E-state index is 0.0590. The zero-order valence-electron chi connectivity index (χ0n) is 11.0. The SMILES string of the molecule is O=C(Cc1ccc(Cl)cc1)Nc1cc(C(F)(F)F)ccc1I. The second-order valence-corrected chi connectivity index (χ2v) is 6.14. The number of amides is 1. The molecule has 2 aromatic carbocycles. The summed E-state index contributed by atoms with van der Waals surface area (Å²) in [5.41, 5.74) is 0.0768. The predicted octanol–water partition coefficient (Wildman–Crippen LogP) is 5.14. The monoisotopic (exact) mass is 439 g/mol. The maximum atomic E-state index is 12.7. The molecule has 0 saturated carbocycles. The van der Waals surface area contributed by atoms with Gasteiger partial charge in [-0.05, 0) is 58.5 Å². The Morgan fingerprint density at radius 1 is 1.14 bits per heavy atom. The molecular formula is C15H10ClF3INO. The van der Waals surface area contributed by atoms with Crippen LogP contribution in [0.2, 0.25) is 5.02 Å². The summed E-state index contributed by atoms with van der Waals surface area (Å²) in [7, 11) is 0. The van der Waals surface area contributed by atoms with Crippen molar-refractivity contribution in [2.45, 2.75) is 12.6 Å². The fourth-order valence-electron chi connectivity index (χ4n) is 1.78. The van der Waals surface area contributed by atoms with Crippen LogP contribution in [0.15, 0.2) is 42.5 Å². The molecule has 0 aliphatic carbocycles. The molecule has 0 aromatic heterocycles. The van der Waals surface area contributed by atoms with Crippen LogP contribution in [0.3, 0.4) is 0 Å². The van der Waals surface area contributed by atoms with Gasteiger partial charge in [-0.1, -0.05) is 23.7 Å². The molecule has 1 amide bonds. The summed E-state index contributed by atoms with van der Waals surface area (Å²) in [5.74, 6) is -0.389. The van der Waals surface area contributed by atoms with Crippen LogP contribution >= 0.6 is 34.2 Å². The number of hydrogen-bond acceptors (Lipinski definition) is 1. The van der Waals surface area contributed by atoms with Crippen LogP contribution in [0.4, 0.5) is 18.9 Å². The fraction of sp³-hybridized carbons (Fsp3) is 0.133. The molecule has 0 aliphatic rings. The van der Waals surface area contributed by atoms with Crippen molar-refractivity contribution in [3.8, 4) is 0 Å². The van der Waals surface area contributed by atoms with E-state index in [2.05, 4.69) is 5.32 Å². The van der Waals surface area contributed by atoms with E-state index in [1.54, 1.807) is 24.3 Å². The molecule has 0 aliphatic heterocycles. The van der Waals surface area contributed by atoms with Gasteiger partial charge in [-0.2, -0.15) is 13.2 Å². The third-order valence-electron chi connectivity index (χ3n) is 2.85. The van der Waals surface area contributed by atoms with E-state index in [0.717, 1.165) is 17.7 Å². The van der Waals surface area contributed by atoms with E-state index >= 15 is 0 Å². The lowest BCUT2D eigenvalue weighted by atomic mass is 10.1. The van der Waals surface area contributed by atoms with Gasteiger partial charge in [0.2, 0.25) is 5.91 Å². The van der Waals surface area contributed by atoms with E-state index < -0.39 is 11.7 Å². The van der Waals surface area contributed by atoms with E-state index in [-0.39, 0.29) is 18.0 Å². The Labute approximate surface area is 143 Å². The highest BCUT2D eigenvalue weighted by Crippen LogP contribution is 2.32. The van der Waals surface area contributed by atoms with Crippen molar-refractivity contribution >= 4 is 45.8 Å². The number of benzene rings is 2. The molecule has 0 bridgehead atoms. The van der Waals surface area contributed by atoms with Crippen molar-refractivity contribution in [1.82, 2.24) is 0 Å². The predicted molar refractivity (Wildman–Crippen MR) is 87.9 cm³/mol. The molecule has 0 fully saturated rings. The summed E-state index contributed by atoms with van der Waals surface area (Å²) in [6, 6.07) is 9.92. The lowest BCUT2D eigenvalue weighted by molar-refractivity contribution is -0.137. The summed E-state index contributed by atoms with van der Waals surface area (Å²) in [4.78, 5) is 12.0. The number of carbonyl (C=O) groups excluding carboxylic acids is 1. The molecule has 0 heterocycles. The van der Waals surface area contributed by atoms with Gasteiger partial charge < -0.3 is 5.32 Å². The fourth-order valence-corrected chi connectivity index (χ4v) is 2.38. The quantitative estimate of drug-likeness (QED) is 0.659. The van der Waals surface area contributed by atoms with Gasteiger partial charge in [0, 0.05) is 8.59 Å². The van der Waals surface area contributed by atoms with Crippen LogP contribution in [-0.4, -0.2) is 5.91 Å². The molecule has 116 valence electrons. The van der Waals surface area contributed by atoms with Gasteiger partial charge in [0.15, 0.2) is 0 Å². The van der Waals surface area contributed by atoms with Crippen LogP contribution in [0, 0.1) is 3.57 Å². The van der Waals surface area contributed by atoms with Gasteiger partial charge >= 0.3 is 6.18 Å². The van der Waals surface area contributed by atoms with Crippen molar-refractivity contribution < 1.29 is 18.0 Å². The molecule has 0 saturated heterocycles. The van der Waals surface area contributed by atoms with Crippen LogP contribution in [-0.2, 0) is 17.4 Å². The average Bonchev–Trinajstić information content (AvgIpc) is 2.42. The molecular weight excluding hydrogens is 430 g/mol. The summed E-state index contributed by atoms with van der Waals surface area (Å²) >= 11 is 7.63. The Bertz CT molecular complexity index is 686. The van der Waals surface area contributed by atoms with E-state index in [0.29, 0.717) is 8.59 Å². The first kappa shape index (κ1) is 17.1. The second kappa shape index (κ2) is 6.87. The minimum atomic E-state index is -4.44. The smallest absolute Gasteiger partial charge is 0.325 e. The average molecular weight is 440 g/mol. The van der Waals surface area contributed by atoms with Crippen molar-refractivity contribution in [1.29, 1.82) is 0 Å². The van der Waals surface area contributed by atoms with Crippen LogP contribution in [0.5, 0.6) is 0 Å². The van der Waals surface area contributed by atoms with Gasteiger partial charge in [-0.15, -0.1) is 0 Å². The van der Waals surface area contributed by atoms with Gasteiger partial charge in [-0.25, -0.2) is 0 Å². The number of hydrogen-bond donors (Lipinski definition) is 1. The molecule has 7 heteroatoms. The first-order valence-electron chi connectivity index (χ1n) is 6.17. The van der Waals surface area contributed by atoms with E-state index in [1.165, 1.54) is 6.07 Å². The molecule has 2 rings (SSSR count). The number of nitrogens with one attached hydrogen (secondary N) is 1. The van der Waals surface area contributed by atoms with Gasteiger partial charge in [0.05, 0.1) is 17.7 Å². The topological polar surface area (TPSA) is 29.1 Å². The van der Waals surface area contributed by atoms with Crippen LogP contribution in [0.25, 0.3) is 0 Å². The molecule has 0 unspecified atom stereocenters. The summed E-state index contributed by atoms with van der Waals surface area (Å²) in [6.07, 6.45) is -4.39. The lowest BCUT2D eigenvalue weighted by Gasteiger charge is -2.12. The minimum Gasteiger partial charge on any atom is -0.325 e. The van der Waals surface area contributed by atoms with Crippen molar-refractivity contribution in [2.24, 2.45) is 0 Å². The Kier molecular flexibility index (Phi) is 5.33. The maximum absolute atomic E-state index is 12.7. The third-order valence-corrected chi connectivity index (χ3v) is 4.04. The highest BCUT2D eigenvalue weighted by molar-refractivity contribution is 14.1. The number of rotatable bonds is 3. The largest absolute Gasteiger partial charge is 0.416 e. The second-order valence-electron chi connectivity index (χ2n) is 4.54.